The summed E-state index contributed by atoms with van der Waals surface area (Å²) in [6.45, 7) is 5.58. The molecule has 0 saturated carbocycles. The molecule has 4 rings (SSSR count). The number of ether oxygens (including phenoxy) is 1. The number of thioether (sulfide) groups is 1. The lowest BCUT2D eigenvalue weighted by atomic mass is 10.1. The molecule has 1 atom stereocenters. The largest absolute Gasteiger partial charge is 0.463 e. The molecule has 9 nitrogen and oxygen atoms in total. The highest BCUT2D eigenvalue weighted by molar-refractivity contribution is 7.99. The third-order valence-corrected chi connectivity index (χ3v) is 5.42. The molecule has 0 radical (unpaired) electrons. The van der Waals surface area contributed by atoms with Crippen LogP contribution in [-0.2, 0) is 9.53 Å². The normalized spacial score (nSPS) is 16.8. The molecule has 0 bridgehead atoms. The first-order valence-corrected chi connectivity index (χ1v) is 10.2. The van der Waals surface area contributed by atoms with E-state index in [0.717, 1.165) is 16.6 Å². The Morgan fingerprint density at radius 1 is 1.31 bits per heavy atom. The highest BCUT2D eigenvalue weighted by Crippen LogP contribution is 2.26. The quantitative estimate of drug-likeness (QED) is 0.375. The number of benzene rings is 1. The van der Waals surface area contributed by atoms with Gasteiger partial charge >= 0.3 is 12.0 Å². The second-order valence-corrected chi connectivity index (χ2v) is 7.47. The van der Waals surface area contributed by atoms with Crippen LogP contribution in [-0.4, -0.2) is 50.0 Å². The zero-order valence-corrected chi connectivity index (χ0v) is 17.0. The molecular weight excluding hydrogens is 392 g/mol. The molecule has 1 unspecified atom stereocenters. The molecule has 2 amide bonds. The van der Waals surface area contributed by atoms with Crippen molar-refractivity contribution < 1.29 is 14.3 Å². The van der Waals surface area contributed by atoms with Crippen LogP contribution in [0, 0.1) is 6.92 Å². The van der Waals surface area contributed by atoms with Gasteiger partial charge in [-0.2, -0.15) is 4.52 Å². The Hall–Kier alpha value is -3.14. The van der Waals surface area contributed by atoms with E-state index in [1.807, 2.05) is 31.2 Å². The number of esters is 1. The first-order chi connectivity index (χ1) is 14.0. The van der Waals surface area contributed by atoms with Crippen LogP contribution < -0.4 is 10.6 Å². The number of carbonyl (C=O) groups is 2. The number of amides is 2. The third kappa shape index (κ3) is 3.63. The number of rotatable bonds is 5. The van der Waals surface area contributed by atoms with E-state index in [1.165, 1.54) is 11.8 Å². The first-order valence-electron chi connectivity index (χ1n) is 9.20. The summed E-state index contributed by atoms with van der Waals surface area (Å²) in [5.41, 5.74) is 2.44. The maximum absolute atomic E-state index is 12.4. The van der Waals surface area contributed by atoms with Crippen LogP contribution in [0.4, 0.5) is 4.79 Å². The molecule has 150 valence electrons. The van der Waals surface area contributed by atoms with Crippen molar-refractivity contribution in [1.29, 1.82) is 0 Å². The number of nitrogens with zero attached hydrogens (tertiary/aromatic N) is 4. The number of urea groups is 1. The van der Waals surface area contributed by atoms with Crippen molar-refractivity contribution in [2.75, 3.05) is 12.4 Å². The highest BCUT2D eigenvalue weighted by Gasteiger charge is 2.30. The van der Waals surface area contributed by atoms with Gasteiger partial charge in [0, 0.05) is 16.8 Å². The fourth-order valence-corrected chi connectivity index (χ4v) is 4.17. The summed E-state index contributed by atoms with van der Waals surface area (Å²) >= 11 is 1.37. The number of aryl methyl sites for hydroxylation is 1. The maximum atomic E-state index is 12.4. The van der Waals surface area contributed by atoms with Crippen LogP contribution in [0.2, 0.25) is 0 Å². The number of fused-ring (bicyclic) bond motifs is 3. The standard InChI is InChI=1S/C19H20N6O3S/c1-4-28-17(26)15-10(2)20-18(27)22-14(15)9-29-19-23-13-8-6-5-7-12(13)16-21-11(3)24-25(16)19/h5-8,10H,4,9H2,1-3H3,(H2,20,22,27). The molecule has 0 saturated heterocycles. The minimum Gasteiger partial charge on any atom is -0.463 e. The van der Waals surface area contributed by atoms with E-state index in [1.54, 1.807) is 18.4 Å². The minimum atomic E-state index is -0.448. The lowest BCUT2D eigenvalue weighted by molar-refractivity contribution is -0.138. The van der Waals surface area contributed by atoms with E-state index in [9.17, 15) is 9.59 Å². The van der Waals surface area contributed by atoms with Gasteiger partial charge < -0.3 is 15.4 Å². The lowest BCUT2D eigenvalue weighted by Gasteiger charge is -2.26. The van der Waals surface area contributed by atoms with Gasteiger partial charge in [-0.1, -0.05) is 23.9 Å². The Balaban J connectivity index is 1.73. The maximum Gasteiger partial charge on any atom is 0.337 e. The Labute approximate surface area is 170 Å². The number of para-hydroxylation sites is 1. The first kappa shape index (κ1) is 19.2. The molecule has 1 aliphatic rings. The van der Waals surface area contributed by atoms with Gasteiger partial charge in [0.15, 0.2) is 10.8 Å². The van der Waals surface area contributed by atoms with Gasteiger partial charge in [0.25, 0.3) is 0 Å². The lowest BCUT2D eigenvalue weighted by Crippen LogP contribution is -2.49. The molecule has 2 aromatic heterocycles. The molecule has 1 aliphatic heterocycles. The van der Waals surface area contributed by atoms with Crippen molar-refractivity contribution in [1.82, 2.24) is 30.2 Å². The average molecular weight is 412 g/mol. The summed E-state index contributed by atoms with van der Waals surface area (Å²) in [5, 5.41) is 11.4. The van der Waals surface area contributed by atoms with Gasteiger partial charge in [-0.25, -0.2) is 19.6 Å². The molecule has 0 fully saturated rings. The smallest absolute Gasteiger partial charge is 0.337 e. The summed E-state index contributed by atoms with van der Waals surface area (Å²) in [6.07, 6.45) is 0. The molecular formula is C19H20N6O3S. The van der Waals surface area contributed by atoms with Gasteiger partial charge in [0.1, 0.15) is 5.82 Å². The Bertz CT molecular complexity index is 1160. The third-order valence-electron chi connectivity index (χ3n) is 4.47. The summed E-state index contributed by atoms with van der Waals surface area (Å²) in [5.74, 6) is 0.516. The van der Waals surface area contributed by atoms with Gasteiger partial charge in [-0.05, 0) is 32.9 Å². The van der Waals surface area contributed by atoms with Gasteiger partial charge in [0.05, 0.1) is 23.7 Å². The van der Waals surface area contributed by atoms with E-state index >= 15 is 0 Å². The van der Waals surface area contributed by atoms with Crippen molar-refractivity contribution in [3.05, 3.63) is 41.4 Å². The molecule has 0 aliphatic carbocycles. The zero-order chi connectivity index (χ0) is 20.5. The van der Waals surface area contributed by atoms with E-state index < -0.39 is 12.0 Å². The molecule has 1 aromatic carbocycles. The van der Waals surface area contributed by atoms with Crippen molar-refractivity contribution in [2.45, 2.75) is 32.0 Å². The van der Waals surface area contributed by atoms with Gasteiger partial charge in [0.2, 0.25) is 0 Å². The fraction of sp³-hybridized carbons (Fsp3) is 0.316. The predicted molar refractivity (Wildman–Crippen MR) is 109 cm³/mol. The summed E-state index contributed by atoms with van der Waals surface area (Å²) in [6, 6.07) is 6.92. The molecule has 2 N–H and O–H groups in total. The Kier molecular flexibility index (Phi) is 5.10. The van der Waals surface area contributed by atoms with Gasteiger partial charge in [-0.3, -0.25) is 0 Å². The second kappa shape index (κ2) is 7.70. The Morgan fingerprint density at radius 3 is 2.90 bits per heavy atom. The topological polar surface area (TPSA) is 111 Å². The Morgan fingerprint density at radius 2 is 2.10 bits per heavy atom. The summed E-state index contributed by atoms with van der Waals surface area (Å²) < 4.78 is 6.85. The molecule has 3 heterocycles. The molecule has 10 heteroatoms. The predicted octanol–water partition coefficient (Wildman–Crippen LogP) is 2.20. The monoisotopic (exact) mass is 412 g/mol. The van der Waals surface area contributed by atoms with Crippen LogP contribution in [0.25, 0.3) is 16.6 Å². The summed E-state index contributed by atoms with van der Waals surface area (Å²) in [4.78, 5) is 33.6. The van der Waals surface area contributed by atoms with E-state index in [4.69, 9.17) is 9.72 Å². The van der Waals surface area contributed by atoms with Crippen molar-refractivity contribution in [3.63, 3.8) is 0 Å². The number of hydrogen-bond acceptors (Lipinski definition) is 7. The fourth-order valence-electron chi connectivity index (χ4n) is 3.26. The van der Waals surface area contributed by atoms with Crippen molar-refractivity contribution >= 4 is 40.3 Å². The molecule has 0 spiro atoms. The van der Waals surface area contributed by atoms with Crippen molar-refractivity contribution in [2.24, 2.45) is 0 Å². The van der Waals surface area contributed by atoms with E-state index in [-0.39, 0.29) is 12.6 Å². The van der Waals surface area contributed by atoms with E-state index in [2.05, 4.69) is 20.7 Å². The zero-order valence-electron chi connectivity index (χ0n) is 16.2. The second-order valence-electron chi connectivity index (χ2n) is 6.53. The van der Waals surface area contributed by atoms with Crippen molar-refractivity contribution in [3.8, 4) is 0 Å². The van der Waals surface area contributed by atoms with Crippen LogP contribution in [0.1, 0.15) is 19.7 Å². The van der Waals surface area contributed by atoms with E-state index in [0.29, 0.717) is 28.0 Å². The van der Waals surface area contributed by atoms with Gasteiger partial charge in [-0.15, -0.1) is 5.10 Å². The molecule has 29 heavy (non-hydrogen) atoms. The highest BCUT2D eigenvalue weighted by atomic mass is 32.2. The SMILES string of the molecule is CCOC(=O)C1=C(CSc2nc3ccccc3c3nc(C)nn23)NC(=O)NC1C. The number of nitrogens with one attached hydrogen (secondary N) is 2. The average Bonchev–Trinajstić information content (AvgIpc) is 3.07. The van der Waals surface area contributed by atoms with Crippen LogP contribution in [0.3, 0.4) is 0 Å². The van der Waals surface area contributed by atoms with Crippen LogP contribution in [0.5, 0.6) is 0 Å². The molecule has 3 aromatic rings. The number of carbonyl (C=O) groups excluding carboxylic acids is 2. The summed E-state index contributed by atoms with van der Waals surface area (Å²) in [7, 11) is 0. The number of hydrogen-bond donors (Lipinski definition) is 2. The number of aromatic nitrogens is 4. The minimum absolute atomic E-state index is 0.258. The van der Waals surface area contributed by atoms with Crippen LogP contribution >= 0.6 is 11.8 Å². The van der Waals surface area contributed by atoms with Crippen LogP contribution in [0.15, 0.2) is 40.7 Å².